The molecule has 0 spiro atoms. The van der Waals surface area contributed by atoms with E-state index in [1.807, 2.05) is 24.3 Å². The molecule has 2 aliphatic rings. The Morgan fingerprint density at radius 1 is 0.844 bits per heavy atom. The van der Waals surface area contributed by atoms with Crippen LogP contribution in [0.1, 0.15) is 24.1 Å². The molecule has 0 atom stereocenters. The second-order valence-electron chi connectivity index (χ2n) is 8.51. The van der Waals surface area contributed by atoms with Crippen molar-refractivity contribution in [3.05, 3.63) is 71.9 Å². The SMILES string of the molecule is O=S(=O)(CCN1CCc2nc(-c3ccccc3)nc(N3CCCC3)c2C1)c1ccccc1. The Labute approximate surface area is 189 Å². The number of sulfone groups is 1. The molecule has 0 bridgehead atoms. The molecule has 1 aromatic heterocycles. The van der Waals surface area contributed by atoms with E-state index in [-0.39, 0.29) is 5.75 Å². The van der Waals surface area contributed by atoms with Crippen molar-refractivity contribution < 1.29 is 8.42 Å². The third-order valence-electron chi connectivity index (χ3n) is 6.33. The Kier molecular flexibility index (Phi) is 5.93. The summed E-state index contributed by atoms with van der Waals surface area (Å²) in [5, 5.41) is 0. The van der Waals surface area contributed by atoms with Crippen molar-refractivity contribution in [1.82, 2.24) is 14.9 Å². The first-order valence-corrected chi connectivity index (χ1v) is 13.0. The summed E-state index contributed by atoms with van der Waals surface area (Å²) in [5.74, 6) is 1.93. The van der Waals surface area contributed by atoms with Crippen LogP contribution in [0.2, 0.25) is 0 Å². The van der Waals surface area contributed by atoms with Gasteiger partial charge in [-0.1, -0.05) is 48.5 Å². The lowest BCUT2D eigenvalue weighted by Gasteiger charge is -2.31. The standard InChI is InChI=1S/C25H28N4O2S/c30-32(31,21-11-5-2-6-12-21)18-17-28-16-13-23-22(19-28)25(29-14-7-8-15-29)27-24(26-23)20-9-3-1-4-10-20/h1-6,9-12H,7-8,13-19H2. The summed E-state index contributed by atoms with van der Waals surface area (Å²) in [4.78, 5) is 14.9. The number of hydrogen-bond donors (Lipinski definition) is 0. The third kappa shape index (κ3) is 4.40. The van der Waals surface area contributed by atoms with E-state index in [4.69, 9.17) is 9.97 Å². The lowest BCUT2D eigenvalue weighted by atomic mass is 10.0. The quantitative estimate of drug-likeness (QED) is 0.574. The van der Waals surface area contributed by atoms with Gasteiger partial charge >= 0.3 is 0 Å². The Balaban J connectivity index is 1.39. The molecular formula is C25H28N4O2S. The van der Waals surface area contributed by atoms with E-state index < -0.39 is 9.84 Å². The molecule has 0 N–H and O–H groups in total. The van der Waals surface area contributed by atoms with Crippen molar-refractivity contribution in [2.75, 3.05) is 36.8 Å². The second kappa shape index (κ2) is 9.00. The number of fused-ring (bicyclic) bond motifs is 1. The van der Waals surface area contributed by atoms with Gasteiger partial charge in [0.05, 0.1) is 16.3 Å². The van der Waals surface area contributed by atoms with Crippen molar-refractivity contribution in [3.8, 4) is 11.4 Å². The number of hydrogen-bond acceptors (Lipinski definition) is 6. The van der Waals surface area contributed by atoms with E-state index in [0.717, 1.165) is 54.5 Å². The van der Waals surface area contributed by atoms with Crippen LogP contribution in [0.5, 0.6) is 0 Å². The van der Waals surface area contributed by atoms with E-state index in [9.17, 15) is 8.42 Å². The molecule has 0 saturated carbocycles. The van der Waals surface area contributed by atoms with Gasteiger partial charge in [0.25, 0.3) is 0 Å². The average Bonchev–Trinajstić information content (AvgIpc) is 3.38. The van der Waals surface area contributed by atoms with Gasteiger partial charge in [-0.25, -0.2) is 18.4 Å². The number of benzene rings is 2. The fourth-order valence-electron chi connectivity index (χ4n) is 4.55. The molecule has 2 aromatic carbocycles. The van der Waals surface area contributed by atoms with Crippen LogP contribution in [0, 0.1) is 0 Å². The molecular weight excluding hydrogens is 420 g/mol. The van der Waals surface area contributed by atoms with Gasteiger partial charge in [-0.2, -0.15) is 0 Å². The van der Waals surface area contributed by atoms with Gasteiger partial charge in [-0.05, 0) is 25.0 Å². The van der Waals surface area contributed by atoms with Crippen molar-refractivity contribution >= 4 is 15.7 Å². The topological polar surface area (TPSA) is 66.4 Å². The second-order valence-corrected chi connectivity index (χ2v) is 10.6. The van der Waals surface area contributed by atoms with Crippen LogP contribution in [0.25, 0.3) is 11.4 Å². The number of aromatic nitrogens is 2. The summed E-state index contributed by atoms with van der Waals surface area (Å²) >= 11 is 0. The summed E-state index contributed by atoms with van der Waals surface area (Å²) in [6.07, 6.45) is 3.17. The fourth-order valence-corrected chi connectivity index (χ4v) is 5.85. The van der Waals surface area contributed by atoms with Crippen LogP contribution in [0.4, 0.5) is 5.82 Å². The van der Waals surface area contributed by atoms with Gasteiger partial charge in [0, 0.05) is 50.3 Å². The summed E-state index contributed by atoms with van der Waals surface area (Å²) in [5.41, 5.74) is 3.30. The Morgan fingerprint density at radius 2 is 1.53 bits per heavy atom. The number of anilines is 1. The molecule has 0 radical (unpaired) electrons. The van der Waals surface area contributed by atoms with Crippen LogP contribution >= 0.6 is 0 Å². The molecule has 2 aliphatic heterocycles. The van der Waals surface area contributed by atoms with Gasteiger partial charge in [-0.15, -0.1) is 0 Å². The first kappa shape index (κ1) is 21.1. The maximum absolute atomic E-state index is 12.7. The van der Waals surface area contributed by atoms with E-state index >= 15 is 0 Å². The molecule has 32 heavy (non-hydrogen) atoms. The smallest absolute Gasteiger partial charge is 0.179 e. The van der Waals surface area contributed by atoms with Gasteiger partial charge in [0.2, 0.25) is 0 Å². The Morgan fingerprint density at radius 3 is 2.25 bits per heavy atom. The highest BCUT2D eigenvalue weighted by molar-refractivity contribution is 7.91. The zero-order valence-corrected chi connectivity index (χ0v) is 19.0. The molecule has 0 amide bonds. The zero-order valence-electron chi connectivity index (χ0n) is 18.2. The van der Waals surface area contributed by atoms with Crippen LogP contribution in [0.15, 0.2) is 65.6 Å². The highest BCUT2D eigenvalue weighted by Crippen LogP contribution is 2.31. The number of nitrogens with zero attached hydrogens (tertiary/aromatic N) is 4. The van der Waals surface area contributed by atoms with Gasteiger partial charge in [0.1, 0.15) is 5.82 Å². The van der Waals surface area contributed by atoms with Crippen LogP contribution < -0.4 is 4.90 Å². The van der Waals surface area contributed by atoms with Crippen molar-refractivity contribution in [2.24, 2.45) is 0 Å². The molecule has 1 saturated heterocycles. The molecule has 0 aliphatic carbocycles. The summed E-state index contributed by atoms with van der Waals surface area (Å²) in [6.45, 7) is 4.04. The fraction of sp³-hybridized carbons (Fsp3) is 0.360. The highest BCUT2D eigenvalue weighted by Gasteiger charge is 2.27. The summed E-state index contributed by atoms with van der Waals surface area (Å²) < 4.78 is 25.5. The highest BCUT2D eigenvalue weighted by atomic mass is 32.2. The molecule has 6 nitrogen and oxygen atoms in total. The van der Waals surface area contributed by atoms with Gasteiger partial charge in [0.15, 0.2) is 15.7 Å². The zero-order chi connectivity index (χ0) is 22.0. The predicted molar refractivity (Wildman–Crippen MR) is 126 cm³/mol. The molecule has 166 valence electrons. The Hall–Kier alpha value is -2.77. The van der Waals surface area contributed by atoms with E-state index in [1.165, 1.54) is 12.8 Å². The Bertz CT molecular complexity index is 1180. The van der Waals surface area contributed by atoms with Crippen molar-refractivity contribution in [3.63, 3.8) is 0 Å². The first-order valence-electron chi connectivity index (χ1n) is 11.3. The van der Waals surface area contributed by atoms with Crippen LogP contribution in [-0.2, 0) is 22.8 Å². The van der Waals surface area contributed by atoms with Crippen LogP contribution in [-0.4, -0.2) is 55.2 Å². The van der Waals surface area contributed by atoms with E-state index in [2.05, 4.69) is 21.9 Å². The van der Waals surface area contributed by atoms with Crippen molar-refractivity contribution in [2.45, 2.75) is 30.7 Å². The molecule has 3 aromatic rings. The lowest BCUT2D eigenvalue weighted by Crippen LogP contribution is -2.36. The summed E-state index contributed by atoms with van der Waals surface area (Å²) in [6, 6.07) is 18.9. The summed E-state index contributed by atoms with van der Waals surface area (Å²) in [7, 11) is -3.29. The molecule has 7 heteroatoms. The molecule has 3 heterocycles. The van der Waals surface area contributed by atoms with E-state index in [1.54, 1.807) is 24.3 Å². The average molecular weight is 449 g/mol. The van der Waals surface area contributed by atoms with Gasteiger partial charge in [-0.3, -0.25) is 4.90 Å². The maximum atomic E-state index is 12.7. The minimum atomic E-state index is -3.29. The van der Waals surface area contributed by atoms with E-state index in [0.29, 0.717) is 18.0 Å². The molecule has 1 fully saturated rings. The molecule has 5 rings (SSSR count). The van der Waals surface area contributed by atoms with Crippen LogP contribution in [0.3, 0.4) is 0 Å². The largest absolute Gasteiger partial charge is 0.356 e. The monoisotopic (exact) mass is 448 g/mol. The third-order valence-corrected chi connectivity index (χ3v) is 8.04. The minimum absolute atomic E-state index is 0.119. The van der Waals surface area contributed by atoms with Crippen molar-refractivity contribution in [1.29, 1.82) is 0 Å². The predicted octanol–water partition coefficient (Wildman–Crippen LogP) is 3.58. The normalized spacial score (nSPS) is 16.8. The minimum Gasteiger partial charge on any atom is -0.356 e. The first-order chi connectivity index (χ1) is 15.6. The maximum Gasteiger partial charge on any atom is 0.179 e. The number of rotatable bonds is 6. The lowest BCUT2D eigenvalue weighted by molar-refractivity contribution is 0.266. The van der Waals surface area contributed by atoms with Gasteiger partial charge < -0.3 is 4.90 Å². The molecule has 0 unspecified atom stereocenters.